The van der Waals surface area contributed by atoms with Crippen molar-refractivity contribution >= 4 is 33.2 Å². The first kappa shape index (κ1) is 22.1. The first-order valence-corrected chi connectivity index (χ1v) is 12.9. The van der Waals surface area contributed by atoms with Crippen LogP contribution in [0.15, 0.2) is 72.8 Å². The summed E-state index contributed by atoms with van der Waals surface area (Å²) in [4.78, 5) is 18.3. The van der Waals surface area contributed by atoms with Crippen LogP contribution in [0.1, 0.15) is 41.6 Å². The Balaban J connectivity index is 1.05. The van der Waals surface area contributed by atoms with E-state index in [-0.39, 0.29) is 0 Å². The number of rotatable bonds is 7. The number of fused-ring (bicyclic) bond motifs is 3. The van der Waals surface area contributed by atoms with Crippen molar-refractivity contribution in [1.82, 2.24) is 9.88 Å². The Morgan fingerprint density at radius 1 is 1.00 bits per heavy atom. The van der Waals surface area contributed by atoms with E-state index in [1.54, 1.807) is 23.5 Å². The number of carbonyl (C=O) groups is 1. The molecule has 2 N–H and O–H groups in total. The van der Waals surface area contributed by atoms with Crippen LogP contribution in [0.3, 0.4) is 0 Å². The highest BCUT2D eigenvalue weighted by Crippen LogP contribution is 2.38. The highest BCUT2D eigenvalue weighted by Gasteiger charge is 2.40. The van der Waals surface area contributed by atoms with E-state index in [9.17, 15) is 4.79 Å². The van der Waals surface area contributed by atoms with Crippen LogP contribution < -0.4 is 10.1 Å². The van der Waals surface area contributed by atoms with Gasteiger partial charge in [-0.15, -0.1) is 0 Å². The first-order chi connectivity index (χ1) is 17.1. The number of piperidine rings is 1. The van der Waals surface area contributed by atoms with Crippen molar-refractivity contribution in [3.63, 3.8) is 0 Å². The number of para-hydroxylation sites is 1. The molecular formula is C28H27N3O3S. The number of aromatic carboxylic acids is 1. The van der Waals surface area contributed by atoms with E-state index >= 15 is 0 Å². The zero-order valence-corrected chi connectivity index (χ0v) is 20.1. The van der Waals surface area contributed by atoms with E-state index in [2.05, 4.69) is 33.4 Å². The Kier molecular flexibility index (Phi) is 5.88. The molecule has 2 bridgehead atoms. The van der Waals surface area contributed by atoms with Crippen LogP contribution in [0.5, 0.6) is 10.9 Å². The SMILES string of the molecule is O=C(O)c1ccc(CN2[C@@H]3CC[C@H]2CC(Nc2ccc(Oc4nc5ccccc5s4)cc2)C3)cc1. The first-order valence-electron chi connectivity index (χ1n) is 12.1. The minimum atomic E-state index is -0.875. The lowest BCUT2D eigenvalue weighted by molar-refractivity contribution is 0.0696. The average molecular weight is 486 g/mol. The van der Waals surface area contributed by atoms with Gasteiger partial charge in [0.25, 0.3) is 5.19 Å². The van der Waals surface area contributed by atoms with Crippen LogP contribution in [-0.2, 0) is 6.54 Å². The topological polar surface area (TPSA) is 74.7 Å². The molecule has 178 valence electrons. The molecule has 2 fully saturated rings. The molecule has 6 nitrogen and oxygen atoms in total. The summed E-state index contributed by atoms with van der Waals surface area (Å²) < 4.78 is 7.11. The fourth-order valence-electron chi connectivity index (χ4n) is 5.46. The van der Waals surface area contributed by atoms with Crippen LogP contribution in [0, 0.1) is 0 Å². The number of hydrogen-bond acceptors (Lipinski definition) is 6. The molecule has 0 radical (unpaired) electrons. The number of thiazole rings is 1. The lowest BCUT2D eigenvalue weighted by Gasteiger charge is -2.39. The van der Waals surface area contributed by atoms with Gasteiger partial charge in [-0.3, -0.25) is 4.90 Å². The molecule has 3 atom stereocenters. The van der Waals surface area contributed by atoms with E-state index in [1.807, 2.05) is 42.5 Å². The molecular weight excluding hydrogens is 458 g/mol. The summed E-state index contributed by atoms with van der Waals surface area (Å²) in [5, 5.41) is 13.5. The molecule has 3 aromatic carbocycles. The molecule has 6 rings (SSSR count). The predicted molar refractivity (Wildman–Crippen MR) is 139 cm³/mol. The summed E-state index contributed by atoms with van der Waals surface area (Å²) in [5.41, 5.74) is 3.60. The molecule has 3 heterocycles. The van der Waals surface area contributed by atoms with Gasteiger partial charge in [0.15, 0.2) is 0 Å². The minimum absolute atomic E-state index is 0.344. The number of hydrogen-bond donors (Lipinski definition) is 2. The highest BCUT2D eigenvalue weighted by molar-refractivity contribution is 7.20. The normalized spacial score (nSPS) is 21.8. The molecule has 0 saturated carbocycles. The maximum atomic E-state index is 11.1. The van der Waals surface area contributed by atoms with Gasteiger partial charge < -0.3 is 15.2 Å². The van der Waals surface area contributed by atoms with E-state index in [0.29, 0.717) is 28.9 Å². The molecule has 1 unspecified atom stereocenters. The van der Waals surface area contributed by atoms with Crippen molar-refractivity contribution in [3.8, 4) is 10.9 Å². The summed E-state index contributed by atoms with van der Waals surface area (Å²) in [6.45, 7) is 0.889. The highest BCUT2D eigenvalue weighted by atomic mass is 32.1. The Bertz CT molecular complexity index is 1290. The van der Waals surface area contributed by atoms with Crippen molar-refractivity contribution in [2.45, 2.75) is 50.4 Å². The number of carboxylic acids is 1. The minimum Gasteiger partial charge on any atom is -0.478 e. The van der Waals surface area contributed by atoms with Gasteiger partial charge in [-0.05, 0) is 79.8 Å². The lowest BCUT2D eigenvalue weighted by atomic mass is 9.96. The fourth-order valence-corrected chi connectivity index (χ4v) is 6.30. The monoisotopic (exact) mass is 485 g/mol. The third-order valence-electron chi connectivity index (χ3n) is 7.15. The lowest BCUT2D eigenvalue weighted by Crippen LogP contribution is -2.46. The average Bonchev–Trinajstić information content (AvgIpc) is 3.37. The Morgan fingerprint density at radius 2 is 1.71 bits per heavy atom. The van der Waals surface area contributed by atoms with Crippen LogP contribution >= 0.6 is 11.3 Å². The van der Waals surface area contributed by atoms with Crippen molar-refractivity contribution in [3.05, 3.63) is 83.9 Å². The van der Waals surface area contributed by atoms with Crippen LogP contribution in [0.25, 0.3) is 10.2 Å². The zero-order chi connectivity index (χ0) is 23.8. The molecule has 2 saturated heterocycles. The summed E-state index contributed by atoms with van der Waals surface area (Å²) in [5.74, 6) is -0.0849. The zero-order valence-electron chi connectivity index (χ0n) is 19.3. The van der Waals surface area contributed by atoms with Gasteiger partial charge in [-0.25, -0.2) is 9.78 Å². The number of nitrogens with one attached hydrogen (secondary N) is 1. The summed E-state index contributed by atoms with van der Waals surface area (Å²) in [6, 6.07) is 25.1. The number of benzene rings is 3. The van der Waals surface area contributed by atoms with Crippen molar-refractivity contribution in [2.75, 3.05) is 5.32 Å². The van der Waals surface area contributed by atoms with Crippen molar-refractivity contribution < 1.29 is 14.6 Å². The number of ether oxygens (including phenoxy) is 1. The van der Waals surface area contributed by atoms with Gasteiger partial charge >= 0.3 is 5.97 Å². The van der Waals surface area contributed by atoms with Crippen molar-refractivity contribution in [2.24, 2.45) is 0 Å². The van der Waals surface area contributed by atoms with Gasteiger partial charge in [0.1, 0.15) is 5.75 Å². The molecule has 0 amide bonds. The van der Waals surface area contributed by atoms with Gasteiger partial charge in [-0.1, -0.05) is 35.6 Å². The third kappa shape index (κ3) is 4.74. The van der Waals surface area contributed by atoms with E-state index in [4.69, 9.17) is 9.84 Å². The predicted octanol–water partition coefficient (Wildman–Crippen LogP) is 6.39. The molecule has 2 aliphatic rings. The standard InChI is InChI=1S/C28H27N3O3S/c32-27(33)19-7-5-18(6-8-19)17-31-22-11-12-23(31)16-21(15-22)29-20-9-13-24(14-10-20)34-28-30-25-3-1-2-4-26(25)35-28/h1-10,13-14,21-23,29H,11-12,15-17H2,(H,32,33)/t21?,22-,23+. The second-order valence-electron chi connectivity index (χ2n) is 9.45. The van der Waals surface area contributed by atoms with Gasteiger partial charge in [0.05, 0.1) is 15.8 Å². The number of aromatic nitrogens is 1. The van der Waals surface area contributed by atoms with Crippen molar-refractivity contribution in [1.29, 1.82) is 0 Å². The van der Waals surface area contributed by atoms with E-state index < -0.39 is 5.97 Å². The number of nitrogens with zero attached hydrogens (tertiary/aromatic N) is 2. The largest absolute Gasteiger partial charge is 0.478 e. The molecule has 0 aliphatic carbocycles. The Labute approximate surface area is 208 Å². The van der Waals surface area contributed by atoms with Crippen LogP contribution in [-0.4, -0.2) is 39.1 Å². The van der Waals surface area contributed by atoms with E-state index in [0.717, 1.165) is 41.0 Å². The second-order valence-corrected chi connectivity index (χ2v) is 10.4. The molecule has 35 heavy (non-hydrogen) atoms. The van der Waals surface area contributed by atoms with Gasteiger partial charge in [0, 0.05) is 30.4 Å². The summed E-state index contributed by atoms with van der Waals surface area (Å²) in [6.07, 6.45) is 4.69. The summed E-state index contributed by atoms with van der Waals surface area (Å²) in [7, 11) is 0. The Morgan fingerprint density at radius 3 is 2.40 bits per heavy atom. The third-order valence-corrected chi connectivity index (χ3v) is 8.07. The maximum Gasteiger partial charge on any atom is 0.335 e. The molecule has 1 aromatic heterocycles. The van der Waals surface area contributed by atoms with Crippen LogP contribution in [0.2, 0.25) is 0 Å². The molecule has 7 heteroatoms. The molecule has 0 spiro atoms. The quantitative estimate of drug-likeness (QED) is 0.316. The van der Waals surface area contributed by atoms with Gasteiger partial charge in [-0.2, -0.15) is 0 Å². The number of anilines is 1. The maximum absolute atomic E-state index is 11.1. The van der Waals surface area contributed by atoms with Gasteiger partial charge in [0.2, 0.25) is 0 Å². The van der Waals surface area contributed by atoms with E-state index in [1.165, 1.54) is 18.4 Å². The fraction of sp³-hybridized carbons (Fsp3) is 0.286. The van der Waals surface area contributed by atoms with Crippen LogP contribution in [0.4, 0.5) is 5.69 Å². The second kappa shape index (κ2) is 9.32. The Hall–Kier alpha value is -3.42. The number of carboxylic acid groups (broad SMARTS) is 1. The molecule has 2 aliphatic heterocycles. The summed E-state index contributed by atoms with van der Waals surface area (Å²) >= 11 is 1.56. The smallest absolute Gasteiger partial charge is 0.335 e. The molecule has 4 aromatic rings.